The van der Waals surface area contributed by atoms with Crippen molar-refractivity contribution in [3.8, 4) is 0 Å². The fourth-order valence-electron chi connectivity index (χ4n) is 1.58. The maximum Gasteiger partial charge on any atom is 0.0645 e. The molecule has 1 aromatic rings. The lowest BCUT2D eigenvalue weighted by molar-refractivity contribution is 0.272. The molecule has 1 aliphatic heterocycles. The van der Waals surface area contributed by atoms with E-state index in [9.17, 15) is 0 Å². The van der Waals surface area contributed by atoms with Crippen LogP contribution in [-0.2, 0) is 6.54 Å². The number of benzene rings is 1. The molecule has 1 unspecified atom stereocenters. The van der Waals surface area contributed by atoms with E-state index in [1.54, 1.807) is 0 Å². The summed E-state index contributed by atoms with van der Waals surface area (Å²) in [5.74, 6) is 0. The topological polar surface area (TPSA) is 44.3 Å². The Hall–Kier alpha value is -1.06. The molecule has 0 fully saturated rings. The van der Waals surface area contributed by atoms with Gasteiger partial charge in [0.15, 0.2) is 0 Å². The molecule has 1 heterocycles. The van der Waals surface area contributed by atoms with Crippen LogP contribution in [0.5, 0.6) is 0 Å². The molecule has 0 aliphatic carbocycles. The number of aliphatic hydroxyl groups excluding tert-OH is 1. The zero-order valence-corrected chi connectivity index (χ0v) is 7.46. The number of fused-ring (bicyclic) bond motifs is 1. The highest BCUT2D eigenvalue weighted by Crippen LogP contribution is 2.17. The molecule has 0 saturated carbocycles. The third kappa shape index (κ3) is 1.82. The van der Waals surface area contributed by atoms with E-state index < -0.39 is 0 Å². The van der Waals surface area contributed by atoms with Crippen molar-refractivity contribution in [2.24, 2.45) is 0 Å². The van der Waals surface area contributed by atoms with Crippen LogP contribution in [0.1, 0.15) is 5.56 Å². The second-order valence-corrected chi connectivity index (χ2v) is 3.31. The lowest BCUT2D eigenvalue weighted by Gasteiger charge is -2.14. The molecular weight excluding hydrogens is 164 g/mol. The predicted octanol–water partition coefficient (Wildman–Crippen LogP) is 0.563. The fourth-order valence-corrected chi connectivity index (χ4v) is 1.58. The lowest BCUT2D eigenvalue weighted by Crippen LogP contribution is -2.32. The SMILES string of the molecule is OCC1CNCc2ccccc2N1. The first-order chi connectivity index (χ1) is 6.40. The number of nitrogens with one attached hydrogen (secondary N) is 2. The summed E-state index contributed by atoms with van der Waals surface area (Å²) in [5, 5.41) is 15.6. The van der Waals surface area contributed by atoms with Crippen LogP contribution in [0.4, 0.5) is 5.69 Å². The first-order valence-corrected chi connectivity index (χ1v) is 4.56. The van der Waals surface area contributed by atoms with Gasteiger partial charge in [0.2, 0.25) is 0 Å². The van der Waals surface area contributed by atoms with Gasteiger partial charge in [0.25, 0.3) is 0 Å². The van der Waals surface area contributed by atoms with Crippen molar-refractivity contribution >= 4 is 5.69 Å². The van der Waals surface area contributed by atoms with Crippen LogP contribution in [0.25, 0.3) is 0 Å². The van der Waals surface area contributed by atoms with Gasteiger partial charge in [-0.2, -0.15) is 0 Å². The number of hydrogen-bond donors (Lipinski definition) is 3. The Morgan fingerprint density at radius 1 is 1.38 bits per heavy atom. The average molecular weight is 178 g/mol. The first kappa shape index (κ1) is 8.53. The predicted molar refractivity (Wildman–Crippen MR) is 52.6 cm³/mol. The van der Waals surface area contributed by atoms with E-state index in [1.807, 2.05) is 18.2 Å². The van der Waals surface area contributed by atoms with Crippen molar-refractivity contribution in [3.05, 3.63) is 29.8 Å². The Kier molecular flexibility index (Phi) is 2.47. The maximum absolute atomic E-state index is 9.04. The van der Waals surface area contributed by atoms with Gasteiger partial charge in [-0.05, 0) is 11.6 Å². The minimum absolute atomic E-state index is 0.128. The van der Waals surface area contributed by atoms with Gasteiger partial charge in [-0.1, -0.05) is 18.2 Å². The van der Waals surface area contributed by atoms with Gasteiger partial charge in [0, 0.05) is 18.8 Å². The first-order valence-electron chi connectivity index (χ1n) is 4.56. The Morgan fingerprint density at radius 2 is 2.23 bits per heavy atom. The summed E-state index contributed by atoms with van der Waals surface area (Å²) in [5.41, 5.74) is 2.39. The van der Waals surface area contributed by atoms with Gasteiger partial charge in [-0.25, -0.2) is 0 Å². The number of anilines is 1. The Morgan fingerprint density at radius 3 is 3.08 bits per heavy atom. The minimum atomic E-state index is 0.128. The van der Waals surface area contributed by atoms with Crippen molar-refractivity contribution in [1.29, 1.82) is 0 Å². The molecule has 0 bridgehead atoms. The van der Waals surface area contributed by atoms with Crippen LogP contribution in [0.2, 0.25) is 0 Å². The van der Waals surface area contributed by atoms with Gasteiger partial charge >= 0.3 is 0 Å². The van der Waals surface area contributed by atoms with Crippen LogP contribution in [0.3, 0.4) is 0 Å². The summed E-state index contributed by atoms with van der Waals surface area (Å²) in [7, 11) is 0. The third-order valence-corrected chi connectivity index (χ3v) is 2.30. The quantitative estimate of drug-likeness (QED) is 0.589. The van der Waals surface area contributed by atoms with E-state index in [4.69, 9.17) is 5.11 Å². The Labute approximate surface area is 77.8 Å². The molecule has 3 heteroatoms. The molecule has 70 valence electrons. The van der Waals surface area contributed by atoms with Crippen molar-refractivity contribution in [1.82, 2.24) is 5.32 Å². The highest BCUT2D eigenvalue weighted by molar-refractivity contribution is 5.52. The molecule has 2 rings (SSSR count). The number of hydrogen-bond acceptors (Lipinski definition) is 3. The molecule has 0 radical (unpaired) electrons. The van der Waals surface area contributed by atoms with E-state index in [0.717, 1.165) is 18.8 Å². The number of rotatable bonds is 1. The van der Waals surface area contributed by atoms with Crippen molar-refractivity contribution in [3.63, 3.8) is 0 Å². The third-order valence-electron chi connectivity index (χ3n) is 2.30. The molecule has 13 heavy (non-hydrogen) atoms. The van der Waals surface area contributed by atoms with E-state index in [2.05, 4.69) is 16.7 Å². The number of para-hydroxylation sites is 1. The Balaban J connectivity index is 2.23. The Bertz CT molecular complexity index is 288. The average Bonchev–Trinajstić information content (AvgIpc) is 2.38. The minimum Gasteiger partial charge on any atom is -0.394 e. The molecule has 0 aromatic heterocycles. The molecule has 1 aromatic carbocycles. The van der Waals surface area contributed by atoms with Gasteiger partial charge in [-0.15, -0.1) is 0 Å². The molecular formula is C10H14N2O. The van der Waals surface area contributed by atoms with Crippen LogP contribution in [0.15, 0.2) is 24.3 Å². The molecule has 1 aliphatic rings. The van der Waals surface area contributed by atoms with Crippen molar-refractivity contribution < 1.29 is 5.11 Å². The van der Waals surface area contributed by atoms with Crippen molar-refractivity contribution in [2.45, 2.75) is 12.6 Å². The highest BCUT2D eigenvalue weighted by Gasteiger charge is 2.12. The van der Waals surface area contributed by atoms with Crippen LogP contribution < -0.4 is 10.6 Å². The normalized spacial score (nSPS) is 21.5. The summed E-state index contributed by atoms with van der Waals surface area (Å²) in [6.45, 7) is 1.85. The largest absolute Gasteiger partial charge is 0.394 e. The van der Waals surface area contributed by atoms with E-state index in [-0.39, 0.29) is 12.6 Å². The summed E-state index contributed by atoms with van der Waals surface area (Å²) >= 11 is 0. The molecule has 0 amide bonds. The smallest absolute Gasteiger partial charge is 0.0645 e. The van der Waals surface area contributed by atoms with Crippen LogP contribution in [-0.4, -0.2) is 24.3 Å². The summed E-state index contributed by atoms with van der Waals surface area (Å²) in [6, 6.07) is 8.30. The van der Waals surface area contributed by atoms with Crippen LogP contribution in [0, 0.1) is 0 Å². The second-order valence-electron chi connectivity index (χ2n) is 3.31. The maximum atomic E-state index is 9.04. The zero-order valence-electron chi connectivity index (χ0n) is 7.46. The fraction of sp³-hybridized carbons (Fsp3) is 0.400. The summed E-state index contributed by atoms with van der Waals surface area (Å²) < 4.78 is 0. The van der Waals surface area contributed by atoms with E-state index >= 15 is 0 Å². The van der Waals surface area contributed by atoms with E-state index in [0.29, 0.717) is 0 Å². The zero-order chi connectivity index (χ0) is 9.10. The van der Waals surface area contributed by atoms with Crippen LogP contribution >= 0.6 is 0 Å². The molecule has 0 spiro atoms. The second kappa shape index (κ2) is 3.77. The summed E-state index contributed by atoms with van der Waals surface area (Å²) in [6.07, 6.45) is 0. The highest BCUT2D eigenvalue weighted by atomic mass is 16.3. The summed E-state index contributed by atoms with van der Waals surface area (Å²) in [4.78, 5) is 0. The van der Waals surface area contributed by atoms with Gasteiger partial charge in [0.05, 0.1) is 12.6 Å². The molecule has 0 saturated heterocycles. The molecule has 1 atom stereocenters. The monoisotopic (exact) mass is 178 g/mol. The van der Waals surface area contributed by atoms with Gasteiger partial charge in [-0.3, -0.25) is 0 Å². The molecule has 3 nitrogen and oxygen atoms in total. The number of aliphatic hydroxyl groups is 1. The lowest BCUT2D eigenvalue weighted by atomic mass is 10.2. The van der Waals surface area contributed by atoms with Gasteiger partial charge < -0.3 is 15.7 Å². The van der Waals surface area contributed by atoms with Gasteiger partial charge in [0.1, 0.15) is 0 Å². The van der Waals surface area contributed by atoms with Crippen molar-refractivity contribution in [2.75, 3.05) is 18.5 Å². The van der Waals surface area contributed by atoms with E-state index in [1.165, 1.54) is 5.56 Å². The standard InChI is InChI=1S/C10H14N2O/c13-7-9-6-11-5-8-3-1-2-4-10(8)12-9/h1-4,9,11-13H,5-7H2. The molecule has 3 N–H and O–H groups in total.